The summed E-state index contributed by atoms with van der Waals surface area (Å²) in [4.78, 5) is 31.3. The number of pyridine rings is 1. The Labute approximate surface area is 226 Å². The molecule has 0 aliphatic carbocycles. The number of sulfone groups is 1. The molecule has 0 bridgehead atoms. The third-order valence-electron chi connectivity index (χ3n) is 6.68. The molecule has 0 atom stereocenters. The first-order valence-electron chi connectivity index (χ1n) is 12.8. The van der Waals surface area contributed by atoms with Crippen LogP contribution in [0.25, 0.3) is 11.4 Å². The molecule has 2 N–H and O–H groups in total. The minimum absolute atomic E-state index is 0.0207. The van der Waals surface area contributed by atoms with Gasteiger partial charge in [0.15, 0.2) is 15.7 Å². The lowest BCUT2D eigenvalue weighted by Gasteiger charge is -2.26. The zero-order chi connectivity index (χ0) is 27.2. The lowest BCUT2D eigenvalue weighted by atomic mass is 10.1. The number of aryl methyl sites for hydroxylation is 2. The maximum absolute atomic E-state index is 12.9. The molecule has 4 aromatic rings. The summed E-state index contributed by atoms with van der Waals surface area (Å²) in [5, 5.41) is 10.2. The molecule has 0 unspecified atom stereocenters. The predicted molar refractivity (Wildman–Crippen MR) is 149 cm³/mol. The third kappa shape index (κ3) is 7.06. The number of nitrogens with zero attached hydrogens (tertiary/aromatic N) is 4. The van der Waals surface area contributed by atoms with Gasteiger partial charge in [-0.15, -0.1) is 0 Å². The topological polar surface area (TPSA) is 130 Å². The van der Waals surface area contributed by atoms with Crippen LogP contribution in [0.3, 0.4) is 0 Å². The Morgan fingerprint density at radius 1 is 1.00 bits per heavy atom. The molecule has 2 aromatic carbocycles. The molecule has 1 fully saturated rings. The van der Waals surface area contributed by atoms with Gasteiger partial charge in [0.2, 0.25) is 5.56 Å². The molecule has 0 spiro atoms. The number of H-pyrrole nitrogens is 1. The second kappa shape index (κ2) is 11.7. The zero-order valence-electron chi connectivity index (χ0n) is 21.4. The lowest BCUT2D eigenvalue weighted by Crippen LogP contribution is -2.39. The van der Waals surface area contributed by atoms with E-state index >= 15 is 0 Å². The Kier molecular flexibility index (Phi) is 7.99. The van der Waals surface area contributed by atoms with Crippen molar-refractivity contribution in [3.05, 3.63) is 100 Å². The van der Waals surface area contributed by atoms with Crippen molar-refractivity contribution in [3.8, 4) is 11.4 Å². The summed E-state index contributed by atoms with van der Waals surface area (Å²) in [6, 6.07) is 19.8. The van der Waals surface area contributed by atoms with Crippen LogP contribution < -0.4 is 10.9 Å². The largest absolute Gasteiger partial charge is 0.322 e. The van der Waals surface area contributed by atoms with E-state index in [2.05, 4.69) is 25.4 Å². The van der Waals surface area contributed by atoms with Crippen LogP contribution in [0.15, 0.2) is 77.7 Å². The van der Waals surface area contributed by atoms with Gasteiger partial charge in [-0.1, -0.05) is 18.2 Å². The van der Waals surface area contributed by atoms with Crippen LogP contribution in [-0.2, 0) is 29.3 Å². The maximum Gasteiger partial charge on any atom is 0.255 e. The lowest BCUT2D eigenvalue weighted by molar-refractivity contribution is 0.102. The molecule has 39 heavy (non-hydrogen) atoms. The van der Waals surface area contributed by atoms with Crippen molar-refractivity contribution in [1.29, 1.82) is 0 Å². The summed E-state index contributed by atoms with van der Waals surface area (Å²) >= 11 is 0. The van der Waals surface area contributed by atoms with Crippen molar-refractivity contribution in [1.82, 2.24) is 24.6 Å². The average Bonchev–Trinajstić information content (AvgIpc) is 3.40. The van der Waals surface area contributed by atoms with Gasteiger partial charge in [-0.3, -0.25) is 19.6 Å². The van der Waals surface area contributed by atoms with E-state index in [9.17, 15) is 18.0 Å². The summed E-state index contributed by atoms with van der Waals surface area (Å²) in [6.45, 7) is 2.23. The fourth-order valence-corrected chi connectivity index (χ4v) is 5.76. The highest BCUT2D eigenvalue weighted by molar-refractivity contribution is 7.91. The standard InChI is InChI=1S/C28H30N6O4S/c35-26-8-1-2-13-34(26)14-4-7-25-30-27(32-31-25)22-9-11-24(12-10-22)29-28(36)23-6-3-5-21(19-23)20-33-15-17-39(37,38)18-16-33/h1-3,5-6,8-13,19H,4,7,14-18,20H2,(H,29,36)(H,30,31,32). The van der Waals surface area contributed by atoms with E-state index < -0.39 is 9.84 Å². The SMILES string of the molecule is O=C(Nc1ccc(-c2n[nH]c(CCCn3ccccc3=O)n2)cc1)c1cccc(CN2CCS(=O)(=O)CC2)c1. The highest BCUT2D eigenvalue weighted by Crippen LogP contribution is 2.19. The molecule has 1 aliphatic rings. The van der Waals surface area contributed by atoms with E-state index in [1.807, 2.05) is 48.5 Å². The number of aromatic nitrogens is 4. The Morgan fingerprint density at radius 3 is 2.56 bits per heavy atom. The van der Waals surface area contributed by atoms with Crippen LogP contribution in [0.5, 0.6) is 0 Å². The minimum Gasteiger partial charge on any atom is -0.322 e. The quantitative estimate of drug-likeness (QED) is 0.330. The molecule has 3 heterocycles. The molecule has 0 saturated carbocycles. The molecule has 1 saturated heterocycles. The van der Waals surface area contributed by atoms with Crippen LogP contribution in [0, 0.1) is 0 Å². The fourth-order valence-electron chi connectivity index (χ4n) is 4.48. The monoisotopic (exact) mass is 546 g/mol. The van der Waals surface area contributed by atoms with E-state index in [-0.39, 0.29) is 23.0 Å². The molecule has 0 radical (unpaired) electrons. The molecule has 5 rings (SSSR count). The number of carbonyl (C=O) groups is 1. The van der Waals surface area contributed by atoms with Crippen LogP contribution in [-0.4, -0.2) is 63.6 Å². The first-order valence-corrected chi connectivity index (χ1v) is 14.7. The van der Waals surface area contributed by atoms with Gasteiger partial charge < -0.3 is 9.88 Å². The van der Waals surface area contributed by atoms with Crippen molar-refractivity contribution >= 4 is 21.4 Å². The fraction of sp³-hybridized carbons (Fsp3) is 0.286. The summed E-state index contributed by atoms with van der Waals surface area (Å²) in [7, 11) is -2.92. The Balaban J connectivity index is 1.14. The van der Waals surface area contributed by atoms with E-state index in [0.717, 1.165) is 23.4 Å². The number of carbonyl (C=O) groups excluding carboxylic acids is 1. The normalized spacial score (nSPS) is 15.2. The first kappa shape index (κ1) is 26.5. The van der Waals surface area contributed by atoms with Crippen LogP contribution in [0.4, 0.5) is 5.69 Å². The number of benzene rings is 2. The van der Waals surface area contributed by atoms with Gasteiger partial charge in [0.25, 0.3) is 5.91 Å². The van der Waals surface area contributed by atoms with Gasteiger partial charge >= 0.3 is 0 Å². The molecule has 202 valence electrons. The van der Waals surface area contributed by atoms with Crippen molar-refractivity contribution < 1.29 is 13.2 Å². The Hall–Kier alpha value is -4.09. The number of amides is 1. The number of hydrogen-bond donors (Lipinski definition) is 2. The summed E-state index contributed by atoms with van der Waals surface area (Å²) in [5.74, 6) is 1.45. The van der Waals surface area contributed by atoms with Crippen LogP contribution in [0.1, 0.15) is 28.2 Å². The summed E-state index contributed by atoms with van der Waals surface area (Å²) in [5.41, 5.74) is 2.96. The molecular formula is C28H30N6O4S. The van der Waals surface area contributed by atoms with E-state index in [0.29, 0.717) is 49.7 Å². The predicted octanol–water partition coefficient (Wildman–Crippen LogP) is 2.75. The Bertz CT molecular complexity index is 1600. The minimum atomic E-state index is -2.92. The maximum atomic E-state index is 12.9. The van der Waals surface area contributed by atoms with E-state index in [4.69, 9.17) is 0 Å². The zero-order valence-corrected chi connectivity index (χ0v) is 22.2. The molecular weight excluding hydrogens is 516 g/mol. The summed E-state index contributed by atoms with van der Waals surface area (Å²) in [6.07, 6.45) is 3.19. The second-order valence-corrected chi connectivity index (χ2v) is 11.9. The number of aromatic amines is 1. The highest BCUT2D eigenvalue weighted by atomic mass is 32.2. The Morgan fingerprint density at radius 2 is 1.79 bits per heavy atom. The molecule has 2 aromatic heterocycles. The highest BCUT2D eigenvalue weighted by Gasteiger charge is 2.21. The number of anilines is 1. The van der Waals surface area contributed by atoms with Gasteiger partial charge in [0.1, 0.15) is 5.82 Å². The van der Waals surface area contributed by atoms with Gasteiger partial charge in [-0.05, 0) is 54.4 Å². The first-order chi connectivity index (χ1) is 18.8. The summed E-state index contributed by atoms with van der Waals surface area (Å²) < 4.78 is 25.0. The van der Waals surface area contributed by atoms with Crippen LogP contribution >= 0.6 is 0 Å². The van der Waals surface area contributed by atoms with Gasteiger partial charge in [0.05, 0.1) is 11.5 Å². The van der Waals surface area contributed by atoms with Crippen molar-refractivity contribution in [3.63, 3.8) is 0 Å². The molecule has 11 heteroatoms. The number of hydrogen-bond acceptors (Lipinski definition) is 7. The second-order valence-electron chi connectivity index (χ2n) is 9.60. The third-order valence-corrected chi connectivity index (χ3v) is 8.29. The van der Waals surface area contributed by atoms with Crippen molar-refractivity contribution in [2.45, 2.75) is 25.9 Å². The van der Waals surface area contributed by atoms with Gasteiger partial charge in [-0.2, -0.15) is 5.10 Å². The van der Waals surface area contributed by atoms with Gasteiger partial charge in [0, 0.05) is 61.7 Å². The van der Waals surface area contributed by atoms with Crippen LogP contribution in [0.2, 0.25) is 0 Å². The number of nitrogens with one attached hydrogen (secondary N) is 2. The van der Waals surface area contributed by atoms with E-state index in [1.165, 1.54) is 0 Å². The average molecular weight is 547 g/mol. The molecule has 10 nitrogen and oxygen atoms in total. The van der Waals surface area contributed by atoms with Gasteiger partial charge in [-0.25, -0.2) is 13.4 Å². The molecule has 1 amide bonds. The molecule has 1 aliphatic heterocycles. The van der Waals surface area contributed by atoms with Crippen molar-refractivity contribution in [2.75, 3.05) is 29.9 Å². The van der Waals surface area contributed by atoms with E-state index in [1.54, 1.807) is 29.0 Å². The number of rotatable bonds is 9. The van der Waals surface area contributed by atoms with Crippen molar-refractivity contribution in [2.24, 2.45) is 0 Å². The smallest absolute Gasteiger partial charge is 0.255 e.